The lowest BCUT2D eigenvalue weighted by atomic mass is 9.85. The van der Waals surface area contributed by atoms with E-state index in [1.165, 1.54) is 12.1 Å². The zero-order chi connectivity index (χ0) is 13.1. The van der Waals surface area contributed by atoms with E-state index >= 15 is 0 Å². The summed E-state index contributed by atoms with van der Waals surface area (Å²) in [5.74, 6) is 1.14. The maximum Gasteiger partial charge on any atom is 0.250 e. The van der Waals surface area contributed by atoms with E-state index in [0.29, 0.717) is 11.8 Å². The van der Waals surface area contributed by atoms with Gasteiger partial charge in [0.25, 0.3) is 5.56 Å². The third-order valence-corrected chi connectivity index (χ3v) is 5.04. The van der Waals surface area contributed by atoms with Crippen molar-refractivity contribution in [3.8, 4) is 0 Å². The van der Waals surface area contributed by atoms with E-state index in [2.05, 4.69) is 47.5 Å². The molecule has 0 aromatic carbocycles. The highest BCUT2D eigenvalue weighted by molar-refractivity contribution is 14.1. The molecule has 0 N–H and O–H groups in total. The van der Waals surface area contributed by atoms with Crippen molar-refractivity contribution in [3.05, 3.63) is 34.2 Å². The quantitative estimate of drug-likeness (QED) is 0.469. The predicted molar refractivity (Wildman–Crippen MR) is 83.4 cm³/mol. The first-order valence-electron chi connectivity index (χ1n) is 6.60. The molecule has 0 bridgehead atoms. The molecule has 0 aliphatic carbocycles. The molecule has 0 radical (unpaired) electrons. The normalized spacial score (nSPS) is 23.1. The lowest BCUT2D eigenvalue weighted by Crippen LogP contribution is -2.36. The number of halogens is 1. The van der Waals surface area contributed by atoms with Gasteiger partial charge in [-0.25, -0.2) is 0 Å². The average Bonchev–Trinajstić information content (AvgIpc) is 2.39. The number of nitrogens with zero attached hydrogens (tertiary/aromatic N) is 2. The van der Waals surface area contributed by atoms with Gasteiger partial charge in [-0.05, 0) is 25.5 Å². The molecule has 1 aliphatic rings. The van der Waals surface area contributed by atoms with Crippen LogP contribution in [0.4, 0.5) is 0 Å². The molecule has 0 amide bonds. The topological polar surface area (TPSA) is 25.2 Å². The summed E-state index contributed by atoms with van der Waals surface area (Å²) in [7, 11) is 2.15. The van der Waals surface area contributed by atoms with Crippen LogP contribution in [0.2, 0.25) is 0 Å². The second-order valence-corrected chi connectivity index (χ2v) is 5.95. The zero-order valence-electron chi connectivity index (χ0n) is 11.1. The number of alkyl halides is 1. The van der Waals surface area contributed by atoms with Crippen molar-refractivity contribution < 1.29 is 0 Å². The van der Waals surface area contributed by atoms with Gasteiger partial charge in [0.05, 0.1) is 4.55 Å². The SMILES string of the molecule is CCC1CC(CN(C)CI)c2cccc(=O)n2C1. The number of fused-ring (bicyclic) bond motifs is 1. The molecule has 0 spiro atoms. The molecule has 2 unspecified atom stereocenters. The fourth-order valence-electron chi connectivity index (χ4n) is 2.83. The molecule has 100 valence electrons. The number of likely N-dealkylation sites (N-methyl/N-ethyl adjacent to an activating group) is 1. The Labute approximate surface area is 122 Å². The van der Waals surface area contributed by atoms with Crippen LogP contribution < -0.4 is 5.56 Å². The van der Waals surface area contributed by atoms with Crippen LogP contribution in [0, 0.1) is 5.92 Å². The van der Waals surface area contributed by atoms with Crippen molar-refractivity contribution in [2.45, 2.75) is 32.2 Å². The Morgan fingerprint density at radius 3 is 2.94 bits per heavy atom. The van der Waals surface area contributed by atoms with E-state index in [9.17, 15) is 4.79 Å². The zero-order valence-corrected chi connectivity index (χ0v) is 13.3. The number of pyridine rings is 1. The Morgan fingerprint density at radius 2 is 2.28 bits per heavy atom. The van der Waals surface area contributed by atoms with Gasteiger partial charge in [-0.1, -0.05) is 42.0 Å². The van der Waals surface area contributed by atoms with E-state index < -0.39 is 0 Å². The molecule has 1 aromatic rings. The van der Waals surface area contributed by atoms with Gasteiger partial charge in [-0.15, -0.1) is 0 Å². The third-order valence-electron chi connectivity index (χ3n) is 3.87. The van der Waals surface area contributed by atoms with Crippen molar-refractivity contribution in [3.63, 3.8) is 0 Å². The molecule has 2 atom stereocenters. The highest BCUT2D eigenvalue weighted by atomic mass is 127. The summed E-state index contributed by atoms with van der Waals surface area (Å²) in [5.41, 5.74) is 1.39. The summed E-state index contributed by atoms with van der Waals surface area (Å²) in [5, 5.41) is 0. The summed E-state index contributed by atoms with van der Waals surface area (Å²) >= 11 is 2.39. The molecule has 1 aliphatic heterocycles. The maximum atomic E-state index is 12.0. The van der Waals surface area contributed by atoms with Gasteiger partial charge in [0.1, 0.15) is 0 Å². The smallest absolute Gasteiger partial charge is 0.250 e. The van der Waals surface area contributed by atoms with Crippen LogP contribution in [0.25, 0.3) is 0 Å². The van der Waals surface area contributed by atoms with Crippen molar-refractivity contribution in [1.82, 2.24) is 9.47 Å². The summed E-state index contributed by atoms with van der Waals surface area (Å²) in [6.07, 6.45) is 2.37. The summed E-state index contributed by atoms with van der Waals surface area (Å²) in [6.45, 7) is 4.17. The van der Waals surface area contributed by atoms with Crippen molar-refractivity contribution in [2.24, 2.45) is 5.92 Å². The van der Waals surface area contributed by atoms with Crippen molar-refractivity contribution >= 4 is 22.6 Å². The fraction of sp³-hybridized carbons (Fsp3) is 0.643. The maximum absolute atomic E-state index is 12.0. The highest BCUT2D eigenvalue weighted by Crippen LogP contribution is 2.31. The van der Waals surface area contributed by atoms with Gasteiger partial charge in [0.15, 0.2) is 0 Å². The van der Waals surface area contributed by atoms with Gasteiger partial charge in [-0.3, -0.25) is 9.69 Å². The number of hydrogen-bond acceptors (Lipinski definition) is 2. The van der Waals surface area contributed by atoms with E-state index in [0.717, 1.165) is 24.1 Å². The summed E-state index contributed by atoms with van der Waals surface area (Å²) in [4.78, 5) is 14.3. The number of rotatable bonds is 4. The minimum Gasteiger partial charge on any atom is -0.312 e. The molecule has 0 fully saturated rings. The molecule has 1 aromatic heterocycles. The van der Waals surface area contributed by atoms with Crippen LogP contribution in [0.15, 0.2) is 23.0 Å². The molecular formula is C14H21IN2O. The summed E-state index contributed by atoms with van der Waals surface area (Å²) in [6, 6.07) is 5.71. The highest BCUT2D eigenvalue weighted by Gasteiger charge is 2.27. The minimum absolute atomic E-state index is 0.160. The van der Waals surface area contributed by atoms with Crippen LogP contribution >= 0.6 is 22.6 Å². The van der Waals surface area contributed by atoms with Crippen LogP contribution in [-0.4, -0.2) is 27.6 Å². The molecule has 2 heterocycles. The van der Waals surface area contributed by atoms with E-state index in [1.54, 1.807) is 6.07 Å². The lowest BCUT2D eigenvalue weighted by molar-refractivity contribution is 0.262. The number of hydrogen-bond donors (Lipinski definition) is 0. The Balaban J connectivity index is 2.31. The van der Waals surface area contributed by atoms with E-state index in [1.807, 2.05) is 10.6 Å². The Morgan fingerprint density at radius 1 is 1.50 bits per heavy atom. The Kier molecular flexibility index (Phi) is 4.84. The van der Waals surface area contributed by atoms with Gasteiger partial charge in [-0.2, -0.15) is 0 Å². The van der Waals surface area contributed by atoms with Crippen molar-refractivity contribution in [2.75, 3.05) is 18.1 Å². The molecular weight excluding hydrogens is 339 g/mol. The monoisotopic (exact) mass is 360 g/mol. The Hall–Kier alpha value is -0.360. The minimum atomic E-state index is 0.160. The van der Waals surface area contributed by atoms with Gasteiger partial charge in [0, 0.05) is 30.8 Å². The van der Waals surface area contributed by atoms with Crippen LogP contribution in [0.3, 0.4) is 0 Å². The molecule has 18 heavy (non-hydrogen) atoms. The van der Waals surface area contributed by atoms with Gasteiger partial charge in [0.2, 0.25) is 0 Å². The average molecular weight is 360 g/mol. The third kappa shape index (κ3) is 2.96. The van der Waals surface area contributed by atoms with Crippen LogP contribution in [-0.2, 0) is 6.54 Å². The lowest BCUT2D eigenvalue weighted by Gasteiger charge is -2.34. The van der Waals surface area contributed by atoms with Crippen molar-refractivity contribution in [1.29, 1.82) is 0 Å². The summed E-state index contributed by atoms with van der Waals surface area (Å²) < 4.78 is 3.02. The Bertz CT molecular complexity index is 457. The second-order valence-electron chi connectivity index (χ2n) is 5.26. The van der Waals surface area contributed by atoms with E-state index in [-0.39, 0.29) is 5.56 Å². The van der Waals surface area contributed by atoms with Gasteiger partial charge >= 0.3 is 0 Å². The first-order chi connectivity index (χ1) is 8.65. The molecule has 0 saturated heterocycles. The predicted octanol–water partition coefficient (Wildman–Crippen LogP) is 2.69. The van der Waals surface area contributed by atoms with Gasteiger partial charge < -0.3 is 4.57 Å². The largest absolute Gasteiger partial charge is 0.312 e. The first-order valence-corrected chi connectivity index (χ1v) is 8.12. The molecule has 2 rings (SSSR count). The fourth-order valence-corrected chi connectivity index (χ4v) is 3.11. The van der Waals surface area contributed by atoms with E-state index in [4.69, 9.17) is 0 Å². The van der Waals surface area contributed by atoms with Crippen LogP contribution in [0.1, 0.15) is 31.4 Å². The standard InChI is InChI=1S/C14H21IN2O/c1-3-11-7-12(9-16(2)10-15)13-5-4-6-14(18)17(13)8-11/h4-6,11-12H,3,7-10H2,1-2H3. The second kappa shape index (κ2) is 6.19. The molecule has 3 nitrogen and oxygen atoms in total. The van der Waals surface area contributed by atoms with Crippen LogP contribution in [0.5, 0.6) is 0 Å². The first kappa shape index (κ1) is 14.1. The number of aromatic nitrogens is 1. The molecule has 0 saturated carbocycles. The molecule has 4 heteroatoms.